The lowest BCUT2D eigenvalue weighted by Crippen LogP contribution is -2.34. The van der Waals surface area contributed by atoms with E-state index in [1.807, 2.05) is 24.3 Å². The van der Waals surface area contributed by atoms with Crippen LogP contribution >= 0.6 is 11.6 Å². The molecule has 0 unspecified atom stereocenters. The number of halogens is 1. The van der Waals surface area contributed by atoms with Crippen molar-refractivity contribution in [3.8, 4) is 11.4 Å². The van der Waals surface area contributed by atoms with Gasteiger partial charge in [0, 0.05) is 12.1 Å². The Kier molecular flexibility index (Phi) is 4.22. The van der Waals surface area contributed by atoms with Crippen molar-refractivity contribution in [2.45, 2.75) is 32.1 Å². The third-order valence-electron chi connectivity index (χ3n) is 3.74. The van der Waals surface area contributed by atoms with Crippen molar-refractivity contribution in [1.82, 2.24) is 10.1 Å². The predicted molar refractivity (Wildman–Crippen MR) is 76.1 cm³/mol. The normalized spacial score (nSPS) is 11.8. The summed E-state index contributed by atoms with van der Waals surface area (Å²) in [7, 11) is 0. The molecular weight excluding hydrogens is 262 g/mol. The molecule has 5 heteroatoms. The predicted octanol–water partition coefficient (Wildman–Crippen LogP) is 3.41. The average molecular weight is 280 g/mol. The van der Waals surface area contributed by atoms with Gasteiger partial charge in [0.15, 0.2) is 0 Å². The molecule has 2 rings (SSSR count). The van der Waals surface area contributed by atoms with Gasteiger partial charge in [-0.2, -0.15) is 4.98 Å². The molecule has 0 amide bonds. The largest absolute Gasteiger partial charge is 0.338 e. The molecule has 19 heavy (non-hydrogen) atoms. The minimum atomic E-state index is -0.244. The highest BCUT2D eigenvalue weighted by molar-refractivity contribution is 6.33. The summed E-state index contributed by atoms with van der Waals surface area (Å²) in [6.07, 6.45) is 1.73. The lowest BCUT2D eigenvalue weighted by Gasteiger charge is -2.24. The van der Waals surface area contributed by atoms with Crippen molar-refractivity contribution in [2.75, 3.05) is 6.54 Å². The zero-order valence-corrected chi connectivity index (χ0v) is 11.9. The van der Waals surface area contributed by atoms with Crippen molar-refractivity contribution < 1.29 is 4.52 Å². The summed E-state index contributed by atoms with van der Waals surface area (Å²) in [6.45, 7) is 4.65. The van der Waals surface area contributed by atoms with Gasteiger partial charge < -0.3 is 10.3 Å². The van der Waals surface area contributed by atoms with Crippen LogP contribution in [0.5, 0.6) is 0 Å². The minimum absolute atomic E-state index is 0.244. The second-order valence-corrected chi connectivity index (χ2v) is 5.00. The van der Waals surface area contributed by atoms with Crippen LogP contribution in [0.1, 0.15) is 32.6 Å². The Morgan fingerprint density at radius 3 is 2.53 bits per heavy atom. The van der Waals surface area contributed by atoms with Crippen LogP contribution in [0.3, 0.4) is 0 Å². The first-order valence-corrected chi connectivity index (χ1v) is 6.83. The van der Waals surface area contributed by atoms with Gasteiger partial charge in [-0.1, -0.05) is 42.7 Å². The van der Waals surface area contributed by atoms with Gasteiger partial charge in [-0.15, -0.1) is 0 Å². The summed E-state index contributed by atoms with van der Waals surface area (Å²) >= 11 is 6.14. The third-order valence-corrected chi connectivity index (χ3v) is 4.07. The maximum Gasteiger partial charge on any atom is 0.234 e. The van der Waals surface area contributed by atoms with Gasteiger partial charge >= 0.3 is 0 Å². The van der Waals surface area contributed by atoms with Crippen molar-refractivity contribution in [1.29, 1.82) is 0 Å². The Labute approximate surface area is 118 Å². The van der Waals surface area contributed by atoms with Crippen LogP contribution in [0, 0.1) is 0 Å². The first-order chi connectivity index (χ1) is 9.16. The van der Waals surface area contributed by atoms with Crippen molar-refractivity contribution in [3.63, 3.8) is 0 Å². The summed E-state index contributed by atoms with van der Waals surface area (Å²) in [4.78, 5) is 4.48. The van der Waals surface area contributed by atoms with Crippen LogP contribution in [0.2, 0.25) is 5.02 Å². The van der Waals surface area contributed by atoms with Gasteiger partial charge in [-0.3, -0.25) is 0 Å². The molecule has 1 aromatic heterocycles. The second kappa shape index (κ2) is 5.72. The van der Waals surface area contributed by atoms with E-state index in [2.05, 4.69) is 24.0 Å². The molecule has 2 aromatic rings. The quantitative estimate of drug-likeness (QED) is 0.911. The maximum atomic E-state index is 6.14. The maximum absolute atomic E-state index is 6.14. The molecule has 4 nitrogen and oxygen atoms in total. The van der Waals surface area contributed by atoms with Crippen LogP contribution in [-0.4, -0.2) is 16.7 Å². The molecule has 0 saturated carbocycles. The van der Waals surface area contributed by atoms with Gasteiger partial charge in [0.05, 0.1) is 10.4 Å². The molecule has 2 N–H and O–H groups in total. The zero-order valence-electron chi connectivity index (χ0n) is 11.2. The summed E-state index contributed by atoms with van der Waals surface area (Å²) in [5.74, 6) is 1.11. The summed E-state index contributed by atoms with van der Waals surface area (Å²) < 4.78 is 5.41. The Balaban J connectivity index is 2.42. The van der Waals surface area contributed by atoms with Crippen LogP contribution in [0.15, 0.2) is 28.8 Å². The number of aromatic nitrogens is 2. The topological polar surface area (TPSA) is 64.9 Å². The fraction of sp³-hybridized carbons (Fsp3) is 0.429. The van der Waals surface area contributed by atoms with Gasteiger partial charge in [0.2, 0.25) is 11.7 Å². The van der Waals surface area contributed by atoms with E-state index in [-0.39, 0.29) is 5.41 Å². The zero-order chi connectivity index (χ0) is 13.9. The molecule has 0 aliphatic carbocycles. The van der Waals surface area contributed by atoms with E-state index in [0.717, 1.165) is 18.4 Å². The highest BCUT2D eigenvalue weighted by Crippen LogP contribution is 2.32. The number of nitrogens with two attached hydrogens (primary N) is 1. The summed E-state index contributed by atoms with van der Waals surface area (Å²) in [5, 5.41) is 4.64. The van der Waals surface area contributed by atoms with E-state index < -0.39 is 0 Å². The van der Waals surface area contributed by atoms with E-state index in [0.29, 0.717) is 23.3 Å². The number of nitrogens with zero attached hydrogens (tertiary/aromatic N) is 2. The molecule has 0 bridgehead atoms. The van der Waals surface area contributed by atoms with Gasteiger partial charge in [0.25, 0.3) is 0 Å². The number of hydrogen-bond donors (Lipinski definition) is 1. The number of rotatable bonds is 5. The van der Waals surface area contributed by atoms with Crippen LogP contribution in [-0.2, 0) is 5.41 Å². The van der Waals surface area contributed by atoms with E-state index in [1.54, 1.807) is 0 Å². The first-order valence-electron chi connectivity index (χ1n) is 6.46. The molecule has 1 aromatic carbocycles. The lowest BCUT2D eigenvalue weighted by atomic mass is 9.82. The number of hydrogen-bond acceptors (Lipinski definition) is 4. The van der Waals surface area contributed by atoms with Crippen LogP contribution in [0.4, 0.5) is 0 Å². The fourth-order valence-electron chi connectivity index (χ4n) is 2.12. The molecular formula is C14H18ClN3O. The highest BCUT2D eigenvalue weighted by Gasteiger charge is 2.33. The van der Waals surface area contributed by atoms with E-state index in [9.17, 15) is 0 Å². The Bertz CT molecular complexity index is 541. The molecule has 102 valence electrons. The standard InChI is InChI=1S/C14H18ClN3O/c1-3-14(4-2,9-16)13-17-12(18-19-13)10-7-5-6-8-11(10)15/h5-8H,3-4,9,16H2,1-2H3. The second-order valence-electron chi connectivity index (χ2n) is 4.59. The fourth-order valence-corrected chi connectivity index (χ4v) is 2.34. The smallest absolute Gasteiger partial charge is 0.234 e. The Hall–Kier alpha value is -1.39. The third kappa shape index (κ3) is 2.51. The summed E-state index contributed by atoms with van der Waals surface area (Å²) in [6, 6.07) is 7.45. The monoisotopic (exact) mass is 279 g/mol. The number of benzene rings is 1. The Morgan fingerprint density at radius 2 is 1.95 bits per heavy atom. The molecule has 0 spiro atoms. The summed E-state index contributed by atoms with van der Waals surface area (Å²) in [5.41, 5.74) is 6.42. The van der Waals surface area contributed by atoms with E-state index in [1.165, 1.54) is 0 Å². The molecule has 1 heterocycles. The van der Waals surface area contributed by atoms with Crippen molar-refractivity contribution >= 4 is 11.6 Å². The van der Waals surface area contributed by atoms with Crippen molar-refractivity contribution in [3.05, 3.63) is 35.2 Å². The molecule has 0 atom stereocenters. The van der Waals surface area contributed by atoms with Gasteiger partial charge in [-0.25, -0.2) is 0 Å². The molecule has 0 fully saturated rings. The molecule has 0 radical (unpaired) electrons. The van der Waals surface area contributed by atoms with Crippen LogP contribution < -0.4 is 5.73 Å². The lowest BCUT2D eigenvalue weighted by molar-refractivity contribution is 0.267. The first kappa shape index (κ1) is 14.0. The highest BCUT2D eigenvalue weighted by atomic mass is 35.5. The van der Waals surface area contributed by atoms with Gasteiger partial charge in [0.1, 0.15) is 0 Å². The Morgan fingerprint density at radius 1 is 1.26 bits per heavy atom. The molecule has 0 aliphatic heterocycles. The molecule has 0 saturated heterocycles. The van der Waals surface area contributed by atoms with E-state index in [4.69, 9.17) is 21.9 Å². The SMILES string of the molecule is CCC(CC)(CN)c1nc(-c2ccccc2Cl)no1. The van der Waals surface area contributed by atoms with Crippen LogP contribution in [0.25, 0.3) is 11.4 Å². The van der Waals surface area contributed by atoms with Gasteiger partial charge in [-0.05, 0) is 25.0 Å². The van der Waals surface area contributed by atoms with E-state index >= 15 is 0 Å². The average Bonchev–Trinajstić information content (AvgIpc) is 2.92. The molecule has 0 aliphatic rings. The minimum Gasteiger partial charge on any atom is -0.338 e. The van der Waals surface area contributed by atoms with Crippen molar-refractivity contribution in [2.24, 2.45) is 5.73 Å².